The number of piperidine rings is 1. The van der Waals surface area contributed by atoms with Gasteiger partial charge in [0.1, 0.15) is 0 Å². The number of hydrogen-bond donors (Lipinski definition) is 1. The van der Waals surface area contributed by atoms with Crippen LogP contribution in [0.25, 0.3) is 0 Å². The van der Waals surface area contributed by atoms with E-state index in [4.69, 9.17) is 5.73 Å². The summed E-state index contributed by atoms with van der Waals surface area (Å²) in [5, 5.41) is 0. The van der Waals surface area contributed by atoms with Gasteiger partial charge in [-0.15, -0.1) is 0 Å². The Kier molecular flexibility index (Phi) is 4.53. The van der Waals surface area contributed by atoms with Gasteiger partial charge in [-0.3, -0.25) is 4.90 Å². The molecule has 0 aromatic heterocycles. The molecular formula is C15H28N2S. The third-order valence-corrected chi connectivity index (χ3v) is 6.65. The maximum Gasteiger partial charge on any atom is 0.0257 e. The van der Waals surface area contributed by atoms with Crippen molar-refractivity contribution in [2.24, 2.45) is 17.6 Å². The minimum Gasteiger partial charge on any atom is -0.329 e. The van der Waals surface area contributed by atoms with Gasteiger partial charge >= 0.3 is 0 Å². The standard InChI is InChI=1S/C15H28N2S/c16-10-15(13-7-9-18-11-13)17-8-3-5-12-4-1-2-6-14(12)17/h12-15H,1-11,16H2. The Labute approximate surface area is 116 Å². The number of thioether (sulfide) groups is 1. The van der Waals surface area contributed by atoms with E-state index in [9.17, 15) is 0 Å². The zero-order valence-corrected chi connectivity index (χ0v) is 12.3. The number of likely N-dealkylation sites (tertiary alicyclic amines) is 1. The number of fused-ring (bicyclic) bond motifs is 1. The Bertz CT molecular complexity index is 263. The maximum atomic E-state index is 6.15. The molecule has 2 N–H and O–H groups in total. The van der Waals surface area contributed by atoms with Crippen molar-refractivity contribution in [3.05, 3.63) is 0 Å². The van der Waals surface area contributed by atoms with Gasteiger partial charge < -0.3 is 5.73 Å². The van der Waals surface area contributed by atoms with Crippen LogP contribution in [0.3, 0.4) is 0 Å². The molecule has 0 spiro atoms. The molecule has 0 aromatic rings. The van der Waals surface area contributed by atoms with Crippen LogP contribution in [-0.2, 0) is 0 Å². The monoisotopic (exact) mass is 268 g/mol. The van der Waals surface area contributed by atoms with Gasteiger partial charge in [-0.2, -0.15) is 11.8 Å². The van der Waals surface area contributed by atoms with E-state index in [0.29, 0.717) is 6.04 Å². The highest BCUT2D eigenvalue weighted by Gasteiger charge is 2.39. The van der Waals surface area contributed by atoms with Crippen LogP contribution in [0.15, 0.2) is 0 Å². The lowest BCUT2D eigenvalue weighted by Crippen LogP contribution is -2.56. The van der Waals surface area contributed by atoms with Crippen LogP contribution >= 0.6 is 11.8 Å². The molecule has 3 rings (SSSR count). The van der Waals surface area contributed by atoms with Gasteiger partial charge in [-0.05, 0) is 62.0 Å². The third kappa shape index (κ3) is 2.59. The van der Waals surface area contributed by atoms with Crippen LogP contribution in [0.1, 0.15) is 44.9 Å². The number of nitrogens with two attached hydrogens (primary N) is 1. The zero-order valence-electron chi connectivity index (χ0n) is 11.5. The topological polar surface area (TPSA) is 29.3 Å². The minimum absolute atomic E-state index is 0.686. The molecule has 0 aromatic carbocycles. The molecular weight excluding hydrogens is 240 g/mol. The van der Waals surface area contributed by atoms with Gasteiger partial charge in [0.15, 0.2) is 0 Å². The lowest BCUT2D eigenvalue weighted by molar-refractivity contribution is 0.0116. The highest BCUT2D eigenvalue weighted by molar-refractivity contribution is 7.99. The van der Waals surface area contributed by atoms with Gasteiger partial charge in [0, 0.05) is 18.6 Å². The molecule has 2 heterocycles. The van der Waals surface area contributed by atoms with E-state index in [2.05, 4.69) is 16.7 Å². The van der Waals surface area contributed by atoms with Crippen molar-refractivity contribution in [1.82, 2.24) is 4.90 Å². The van der Waals surface area contributed by atoms with Gasteiger partial charge in [0.05, 0.1) is 0 Å². The van der Waals surface area contributed by atoms with Crippen molar-refractivity contribution in [2.75, 3.05) is 24.6 Å². The molecule has 3 aliphatic rings. The fourth-order valence-corrected chi connectivity index (χ4v) is 5.86. The summed E-state index contributed by atoms with van der Waals surface area (Å²) in [5.41, 5.74) is 6.15. The lowest BCUT2D eigenvalue weighted by atomic mass is 9.77. The van der Waals surface area contributed by atoms with Gasteiger partial charge in [0.25, 0.3) is 0 Å². The van der Waals surface area contributed by atoms with Crippen LogP contribution in [0, 0.1) is 11.8 Å². The molecule has 0 bridgehead atoms. The molecule has 3 heteroatoms. The second-order valence-corrected chi connectivity index (χ2v) is 7.57. The minimum atomic E-state index is 0.686. The van der Waals surface area contributed by atoms with Crippen molar-refractivity contribution in [3.63, 3.8) is 0 Å². The zero-order chi connectivity index (χ0) is 12.4. The first kappa shape index (κ1) is 13.3. The predicted octanol–water partition coefficient (Wildman–Crippen LogP) is 2.72. The molecule has 0 amide bonds. The van der Waals surface area contributed by atoms with Crippen LogP contribution in [0.2, 0.25) is 0 Å². The normalized spacial score (nSPS) is 39.5. The van der Waals surface area contributed by atoms with Gasteiger partial charge in [-0.1, -0.05) is 12.8 Å². The molecule has 2 saturated heterocycles. The first-order chi connectivity index (χ1) is 8.90. The van der Waals surface area contributed by atoms with Crippen LogP contribution in [-0.4, -0.2) is 41.6 Å². The van der Waals surface area contributed by atoms with Gasteiger partial charge in [-0.25, -0.2) is 0 Å². The Morgan fingerprint density at radius 2 is 1.94 bits per heavy atom. The van der Waals surface area contributed by atoms with Crippen molar-refractivity contribution in [1.29, 1.82) is 0 Å². The van der Waals surface area contributed by atoms with Crippen molar-refractivity contribution in [3.8, 4) is 0 Å². The summed E-state index contributed by atoms with van der Waals surface area (Å²) >= 11 is 2.14. The Morgan fingerprint density at radius 3 is 2.72 bits per heavy atom. The molecule has 2 nitrogen and oxygen atoms in total. The first-order valence-electron chi connectivity index (χ1n) is 7.93. The summed E-state index contributed by atoms with van der Waals surface area (Å²) < 4.78 is 0. The Hall–Kier alpha value is 0.270. The van der Waals surface area contributed by atoms with E-state index in [1.165, 1.54) is 63.0 Å². The SMILES string of the molecule is NCC(C1CCSC1)N1CCCC2CCCCC21. The number of hydrogen-bond acceptors (Lipinski definition) is 3. The maximum absolute atomic E-state index is 6.15. The molecule has 1 aliphatic carbocycles. The summed E-state index contributed by atoms with van der Waals surface area (Å²) in [5.74, 6) is 4.59. The van der Waals surface area contributed by atoms with E-state index < -0.39 is 0 Å². The summed E-state index contributed by atoms with van der Waals surface area (Å²) in [4.78, 5) is 2.85. The third-order valence-electron chi connectivity index (χ3n) is 5.46. The van der Waals surface area contributed by atoms with Crippen molar-refractivity contribution >= 4 is 11.8 Å². The number of rotatable bonds is 3. The smallest absolute Gasteiger partial charge is 0.0257 e. The largest absolute Gasteiger partial charge is 0.329 e. The molecule has 2 aliphatic heterocycles. The predicted molar refractivity (Wildman–Crippen MR) is 80.0 cm³/mol. The summed E-state index contributed by atoms with van der Waals surface area (Å²) in [6.45, 7) is 2.21. The van der Waals surface area contributed by atoms with E-state index in [1.807, 2.05) is 0 Å². The fraction of sp³-hybridized carbons (Fsp3) is 1.00. The summed E-state index contributed by atoms with van der Waals surface area (Å²) in [6.07, 6.45) is 10.2. The highest BCUT2D eigenvalue weighted by Crippen LogP contribution is 2.39. The van der Waals surface area contributed by atoms with Crippen LogP contribution in [0.4, 0.5) is 0 Å². The van der Waals surface area contributed by atoms with E-state index in [1.54, 1.807) is 0 Å². The van der Waals surface area contributed by atoms with Crippen molar-refractivity contribution < 1.29 is 0 Å². The van der Waals surface area contributed by atoms with E-state index in [-0.39, 0.29) is 0 Å². The average molecular weight is 268 g/mol. The summed E-state index contributed by atoms with van der Waals surface area (Å²) in [6, 6.07) is 1.57. The lowest BCUT2D eigenvalue weighted by Gasteiger charge is -2.49. The second kappa shape index (κ2) is 6.15. The first-order valence-corrected chi connectivity index (χ1v) is 9.09. The van der Waals surface area contributed by atoms with E-state index >= 15 is 0 Å². The molecule has 3 fully saturated rings. The molecule has 4 atom stereocenters. The quantitative estimate of drug-likeness (QED) is 0.853. The molecule has 104 valence electrons. The van der Waals surface area contributed by atoms with Crippen LogP contribution < -0.4 is 5.73 Å². The highest BCUT2D eigenvalue weighted by atomic mass is 32.2. The fourth-order valence-electron chi connectivity index (χ4n) is 4.53. The van der Waals surface area contributed by atoms with E-state index in [0.717, 1.165) is 24.4 Å². The summed E-state index contributed by atoms with van der Waals surface area (Å²) in [7, 11) is 0. The Morgan fingerprint density at radius 1 is 1.11 bits per heavy atom. The molecule has 1 saturated carbocycles. The Balaban J connectivity index is 1.71. The molecule has 4 unspecified atom stereocenters. The average Bonchev–Trinajstić information content (AvgIpc) is 2.94. The van der Waals surface area contributed by atoms with Crippen molar-refractivity contribution in [2.45, 2.75) is 57.0 Å². The van der Waals surface area contributed by atoms with Gasteiger partial charge in [0.2, 0.25) is 0 Å². The molecule has 0 radical (unpaired) electrons. The van der Waals surface area contributed by atoms with Crippen LogP contribution in [0.5, 0.6) is 0 Å². The molecule has 18 heavy (non-hydrogen) atoms. The second-order valence-electron chi connectivity index (χ2n) is 6.42. The number of nitrogens with zero attached hydrogens (tertiary/aromatic N) is 1.